The Kier molecular flexibility index (Phi) is 5.57. The van der Waals surface area contributed by atoms with E-state index in [0.29, 0.717) is 11.7 Å². The highest BCUT2D eigenvalue weighted by atomic mass is 35.5. The van der Waals surface area contributed by atoms with Crippen LogP contribution in [0.25, 0.3) is 0 Å². The van der Waals surface area contributed by atoms with Crippen LogP contribution in [-0.2, 0) is 21.8 Å². The topological polar surface area (TPSA) is 99.1 Å². The number of aromatic nitrogens is 2. The van der Waals surface area contributed by atoms with E-state index in [-0.39, 0.29) is 36.3 Å². The molecule has 1 heterocycles. The van der Waals surface area contributed by atoms with Crippen molar-refractivity contribution in [3.8, 4) is 0 Å². The third-order valence-corrected chi connectivity index (χ3v) is 5.37. The molecule has 0 atom stereocenters. The van der Waals surface area contributed by atoms with Crippen LogP contribution < -0.4 is 5.73 Å². The summed E-state index contributed by atoms with van der Waals surface area (Å²) in [5, 5.41) is 3.87. The Morgan fingerprint density at radius 2 is 2.05 bits per heavy atom. The number of sulfone groups is 1. The van der Waals surface area contributed by atoms with Crippen molar-refractivity contribution in [1.82, 2.24) is 10.1 Å². The van der Waals surface area contributed by atoms with Gasteiger partial charge in [-0.25, -0.2) is 8.42 Å². The first-order valence-electron chi connectivity index (χ1n) is 6.63. The second-order valence-corrected chi connectivity index (χ2v) is 8.01. The van der Waals surface area contributed by atoms with Crippen molar-refractivity contribution in [2.24, 2.45) is 11.7 Å². The van der Waals surface area contributed by atoms with Crippen LogP contribution in [0.2, 0.25) is 0 Å². The Hall–Kier alpha value is -0.660. The van der Waals surface area contributed by atoms with Gasteiger partial charge in [-0.2, -0.15) is 4.98 Å². The zero-order valence-corrected chi connectivity index (χ0v) is 13.5. The average molecular weight is 324 g/mol. The maximum atomic E-state index is 11.8. The summed E-state index contributed by atoms with van der Waals surface area (Å²) in [6.07, 6.45) is 3.05. The molecule has 1 fully saturated rings. The highest BCUT2D eigenvalue weighted by Gasteiger charge is 2.38. The summed E-state index contributed by atoms with van der Waals surface area (Å²) < 4.78 is 28.6. The predicted octanol–water partition coefficient (Wildman–Crippen LogP) is 1.44. The van der Waals surface area contributed by atoms with Crippen LogP contribution in [0.1, 0.15) is 44.8 Å². The lowest BCUT2D eigenvalue weighted by molar-refractivity contribution is 0.229. The molecular weight excluding hydrogens is 302 g/mol. The maximum absolute atomic E-state index is 11.8. The molecule has 0 aliphatic heterocycles. The van der Waals surface area contributed by atoms with Gasteiger partial charge in [0.25, 0.3) is 0 Å². The lowest BCUT2D eigenvalue weighted by Crippen LogP contribution is -2.44. The van der Waals surface area contributed by atoms with Gasteiger partial charge in [0.2, 0.25) is 5.89 Å². The SMILES string of the molecule is CC(C)CS(=O)(=O)CCc1nc(C2(N)CCC2)no1.Cl. The van der Waals surface area contributed by atoms with Gasteiger partial charge in [-0.1, -0.05) is 19.0 Å². The Morgan fingerprint density at radius 1 is 1.40 bits per heavy atom. The van der Waals surface area contributed by atoms with E-state index in [9.17, 15) is 8.42 Å². The quantitative estimate of drug-likeness (QED) is 0.850. The molecule has 0 amide bonds. The third-order valence-electron chi connectivity index (χ3n) is 3.37. The van der Waals surface area contributed by atoms with E-state index in [1.54, 1.807) is 0 Å². The molecule has 1 saturated carbocycles. The van der Waals surface area contributed by atoms with E-state index in [2.05, 4.69) is 10.1 Å². The van der Waals surface area contributed by atoms with Gasteiger partial charge in [0.05, 0.1) is 17.0 Å². The molecule has 0 saturated heterocycles. The lowest BCUT2D eigenvalue weighted by Gasteiger charge is -2.34. The molecular formula is C12H22ClN3O3S. The van der Waals surface area contributed by atoms with Crippen LogP contribution >= 0.6 is 12.4 Å². The second-order valence-electron chi connectivity index (χ2n) is 5.78. The summed E-state index contributed by atoms with van der Waals surface area (Å²) in [4.78, 5) is 4.22. The molecule has 0 aromatic carbocycles. The van der Waals surface area contributed by atoms with Crippen LogP contribution in [0.3, 0.4) is 0 Å². The molecule has 1 aromatic heterocycles. The minimum Gasteiger partial charge on any atom is -0.339 e. The summed E-state index contributed by atoms with van der Waals surface area (Å²) in [5.41, 5.74) is 5.62. The van der Waals surface area contributed by atoms with E-state index in [4.69, 9.17) is 10.3 Å². The molecule has 0 unspecified atom stereocenters. The number of halogens is 1. The monoisotopic (exact) mass is 323 g/mol. The van der Waals surface area contributed by atoms with E-state index in [1.807, 2.05) is 13.8 Å². The highest BCUT2D eigenvalue weighted by Crippen LogP contribution is 2.36. The zero-order chi connectivity index (χ0) is 14.1. The molecule has 2 rings (SSSR count). The Morgan fingerprint density at radius 3 is 2.55 bits per heavy atom. The first-order chi connectivity index (χ1) is 8.81. The number of nitrogens with zero attached hydrogens (tertiary/aromatic N) is 2. The van der Waals surface area contributed by atoms with Gasteiger partial charge in [-0.05, 0) is 25.2 Å². The van der Waals surface area contributed by atoms with Gasteiger partial charge in [-0.15, -0.1) is 12.4 Å². The second kappa shape index (κ2) is 6.41. The minimum absolute atomic E-state index is 0. The van der Waals surface area contributed by atoms with Gasteiger partial charge in [0.15, 0.2) is 15.7 Å². The van der Waals surface area contributed by atoms with Crippen molar-refractivity contribution in [3.63, 3.8) is 0 Å². The van der Waals surface area contributed by atoms with Crippen molar-refractivity contribution < 1.29 is 12.9 Å². The molecule has 1 aliphatic rings. The third kappa shape index (κ3) is 4.17. The molecule has 0 radical (unpaired) electrons. The van der Waals surface area contributed by atoms with Gasteiger partial charge < -0.3 is 10.3 Å². The largest absolute Gasteiger partial charge is 0.339 e. The van der Waals surface area contributed by atoms with E-state index in [0.717, 1.165) is 19.3 Å². The van der Waals surface area contributed by atoms with Crippen LogP contribution in [-0.4, -0.2) is 30.1 Å². The molecule has 20 heavy (non-hydrogen) atoms. The molecule has 0 bridgehead atoms. The van der Waals surface area contributed by atoms with Crippen LogP contribution in [0, 0.1) is 5.92 Å². The fraction of sp³-hybridized carbons (Fsp3) is 0.833. The van der Waals surface area contributed by atoms with Crippen molar-refractivity contribution in [1.29, 1.82) is 0 Å². The first-order valence-corrected chi connectivity index (χ1v) is 8.45. The van der Waals surface area contributed by atoms with Crippen molar-refractivity contribution in [2.75, 3.05) is 11.5 Å². The summed E-state index contributed by atoms with van der Waals surface area (Å²) in [5.74, 6) is 1.23. The average Bonchev–Trinajstić information content (AvgIpc) is 2.70. The lowest BCUT2D eigenvalue weighted by atomic mass is 9.77. The number of aryl methyl sites for hydroxylation is 1. The standard InChI is InChI=1S/C12H21N3O3S.ClH/c1-9(2)8-19(16,17)7-4-10-14-11(15-18-10)12(13)5-3-6-12;/h9H,3-8,13H2,1-2H3;1H. The Bertz CT molecular complexity index is 538. The van der Waals surface area contributed by atoms with Crippen LogP contribution in [0.4, 0.5) is 0 Å². The first kappa shape index (κ1) is 17.4. The number of hydrogen-bond acceptors (Lipinski definition) is 6. The molecule has 1 aliphatic carbocycles. The zero-order valence-electron chi connectivity index (χ0n) is 11.8. The normalized spacial score (nSPS) is 17.6. The summed E-state index contributed by atoms with van der Waals surface area (Å²) in [7, 11) is -3.06. The molecule has 8 heteroatoms. The summed E-state index contributed by atoms with van der Waals surface area (Å²) in [6.45, 7) is 3.77. The molecule has 2 N–H and O–H groups in total. The van der Waals surface area contributed by atoms with E-state index in [1.165, 1.54) is 0 Å². The Labute approximate surface area is 125 Å². The smallest absolute Gasteiger partial charge is 0.227 e. The molecule has 116 valence electrons. The van der Waals surface area contributed by atoms with Crippen molar-refractivity contribution >= 4 is 22.2 Å². The van der Waals surface area contributed by atoms with E-state index < -0.39 is 15.4 Å². The maximum Gasteiger partial charge on any atom is 0.227 e. The van der Waals surface area contributed by atoms with Crippen molar-refractivity contribution in [2.45, 2.75) is 45.1 Å². The number of hydrogen-bond donors (Lipinski definition) is 1. The fourth-order valence-electron chi connectivity index (χ4n) is 2.17. The number of nitrogens with two attached hydrogens (primary N) is 1. The summed E-state index contributed by atoms with van der Waals surface area (Å²) >= 11 is 0. The predicted molar refractivity (Wildman–Crippen MR) is 78.5 cm³/mol. The van der Waals surface area contributed by atoms with Gasteiger partial charge in [0, 0.05) is 6.42 Å². The number of rotatable bonds is 6. The molecule has 1 aromatic rings. The highest BCUT2D eigenvalue weighted by molar-refractivity contribution is 7.91. The van der Waals surface area contributed by atoms with Gasteiger partial charge in [0.1, 0.15) is 0 Å². The van der Waals surface area contributed by atoms with Gasteiger partial charge in [-0.3, -0.25) is 0 Å². The molecule has 6 nitrogen and oxygen atoms in total. The Balaban J connectivity index is 0.00000200. The summed E-state index contributed by atoms with van der Waals surface area (Å²) in [6, 6.07) is 0. The van der Waals surface area contributed by atoms with Crippen LogP contribution in [0.15, 0.2) is 4.52 Å². The van der Waals surface area contributed by atoms with Crippen LogP contribution in [0.5, 0.6) is 0 Å². The van der Waals surface area contributed by atoms with Crippen molar-refractivity contribution in [3.05, 3.63) is 11.7 Å². The molecule has 0 spiro atoms. The fourth-order valence-corrected chi connectivity index (χ4v) is 3.84. The van der Waals surface area contributed by atoms with E-state index >= 15 is 0 Å². The minimum atomic E-state index is -3.06. The van der Waals surface area contributed by atoms with Gasteiger partial charge >= 0.3 is 0 Å².